The zero-order valence-corrected chi connectivity index (χ0v) is 11.6. The Morgan fingerprint density at radius 3 is 2.83 bits per heavy atom. The number of hydrogen-bond acceptors (Lipinski definition) is 2. The molecule has 0 spiro atoms. The molecular weight excluding hydrogens is 226 g/mol. The van der Waals surface area contributed by atoms with E-state index in [9.17, 15) is 4.79 Å². The Morgan fingerprint density at radius 1 is 1.44 bits per heavy atom. The van der Waals surface area contributed by atoms with Crippen LogP contribution in [0, 0.1) is 13.8 Å². The molecule has 98 valence electrons. The molecule has 1 unspecified atom stereocenters. The van der Waals surface area contributed by atoms with Crippen molar-refractivity contribution < 1.29 is 0 Å². The fourth-order valence-corrected chi connectivity index (χ4v) is 2.44. The van der Waals surface area contributed by atoms with Crippen LogP contribution in [0.25, 0.3) is 11.0 Å². The smallest absolute Gasteiger partial charge is 0.267 e. The van der Waals surface area contributed by atoms with Crippen LogP contribution in [0.1, 0.15) is 50.4 Å². The van der Waals surface area contributed by atoms with Crippen molar-refractivity contribution in [3.63, 3.8) is 0 Å². The Kier molecular flexibility index (Phi) is 3.55. The summed E-state index contributed by atoms with van der Waals surface area (Å²) in [7, 11) is 0. The van der Waals surface area contributed by atoms with E-state index in [0.717, 1.165) is 35.1 Å². The van der Waals surface area contributed by atoms with Crippen molar-refractivity contribution in [3.05, 3.63) is 27.7 Å². The van der Waals surface area contributed by atoms with E-state index in [1.54, 1.807) is 0 Å². The first-order valence-electron chi connectivity index (χ1n) is 6.63. The summed E-state index contributed by atoms with van der Waals surface area (Å²) in [6.07, 6.45) is 3.39. The molecule has 4 heteroatoms. The minimum atomic E-state index is -0.0293. The summed E-state index contributed by atoms with van der Waals surface area (Å²) in [6, 6.07) is 2.24. The van der Waals surface area contributed by atoms with Crippen molar-refractivity contribution in [1.29, 1.82) is 0 Å². The second kappa shape index (κ2) is 4.96. The monoisotopic (exact) mass is 247 g/mol. The molecule has 0 fully saturated rings. The van der Waals surface area contributed by atoms with E-state index in [1.165, 1.54) is 6.42 Å². The van der Waals surface area contributed by atoms with Gasteiger partial charge in [-0.15, -0.1) is 0 Å². The quantitative estimate of drug-likeness (QED) is 0.902. The summed E-state index contributed by atoms with van der Waals surface area (Å²) < 4.78 is 1.92. The number of nitrogens with zero attached hydrogens (tertiary/aromatic N) is 2. The number of fused-ring (bicyclic) bond motifs is 1. The molecule has 1 N–H and O–H groups in total. The topological polar surface area (TPSA) is 50.7 Å². The fourth-order valence-electron chi connectivity index (χ4n) is 2.44. The number of aryl methyl sites for hydroxylation is 2. The van der Waals surface area contributed by atoms with Gasteiger partial charge < -0.3 is 0 Å². The Bertz CT molecular complexity index is 609. The Morgan fingerprint density at radius 2 is 2.17 bits per heavy atom. The molecule has 0 aromatic carbocycles. The summed E-state index contributed by atoms with van der Waals surface area (Å²) in [5.41, 5.74) is 2.72. The molecule has 2 aromatic rings. The van der Waals surface area contributed by atoms with Crippen LogP contribution in [0.5, 0.6) is 0 Å². The van der Waals surface area contributed by atoms with E-state index >= 15 is 0 Å². The lowest BCUT2D eigenvalue weighted by Crippen LogP contribution is -2.11. The van der Waals surface area contributed by atoms with Gasteiger partial charge in [-0.1, -0.05) is 19.8 Å². The zero-order chi connectivity index (χ0) is 13.3. The third kappa shape index (κ3) is 2.19. The van der Waals surface area contributed by atoms with Crippen molar-refractivity contribution in [1.82, 2.24) is 14.8 Å². The Hall–Kier alpha value is -1.58. The molecule has 2 rings (SSSR count). The van der Waals surface area contributed by atoms with Crippen LogP contribution in [-0.2, 0) is 0 Å². The fraction of sp³-hybridized carbons (Fsp3) is 0.571. The van der Waals surface area contributed by atoms with Gasteiger partial charge in [0.25, 0.3) is 5.56 Å². The normalized spacial score (nSPS) is 13.1. The van der Waals surface area contributed by atoms with Crippen LogP contribution in [0.3, 0.4) is 0 Å². The summed E-state index contributed by atoms with van der Waals surface area (Å²) >= 11 is 0. The average Bonchev–Trinajstić information content (AvgIpc) is 2.63. The maximum absolute atomic E-state index is 12.0. The first-order valence-corrected chi connectivity index (χ1v) is 6.63. The lowest BCUT2D eigenvalue weighted by Gasteiger charge is -2.13. The van der Waals surface area contributed by atoms with Gasteiger partial charge in [0.1, 0.15) is 0 Å². The predicted octanol–water partition coefficient (Wildman–Crippen LogP) is 3.09. The van der Waals surface area contributed by atoms with E-state index in [2.05, 4.69) is 23.9 Å². The molecule has 0 aliphatic rings. The number of nitrogens with one attached hydrogen (secondary N) is 1. The molecule has 0 aliphatic carbocycles. The lowest BCUT2D eigenvalue weighted by molar-refractivity contribution is 0.451. The molecule has 0 amide bonds. The molecule has 0 saturated carbocycles. The number of rotatable bonds is 4. The average molecular weight is 247 g/mol. The molecule has 0 radical (unpaired) electrons. The van der Waals surface area contributed by atoms with Gasteiger partial charge in [-0.2, -0.15) is 0 Å². The highest BCUT2D eigenvalue weighted by molar-refractivity contribution is 5.78. The van der Waals surface area contributed by atoms with Gasteiger partial charge in [0.15, 0.2) is 5.65 Å². The third-order valence-corrected chi connectivity index (χ3v) is 3.42. The largest absolute Gasteiger partial charge is 0.273 e. The van der Waals surface area contributed by atoms with E-state index in [-0.39, 0.29) is 11.6 Å². The van der Waals surface area contributed by atoms with Gasteiger partial charge in [0.05, 0.1) is 5.39 Å². The highest BCUT2D eigenvalue weighted by atomic mass is 16.1. The van der Waals surface area contributed by atoms with Gasteiger partial charge in [-0.3, -0.25) is 14.6 Å². The third-order valence-electron chi connectivity index (χ3n) is 3.42. The van der Waals surface area contributed by atoms with Gasteiger partial charge in [-0.25, -0.2) is 4.98 Å². The molecule has 2 heterocycles. The van der Waals surface area contributed by atoms with Gasteiger partial charge in [0, 0.05) is 11.7 Å². The van der Waals surface area contributed by atoms with Crippen LogP contribution in [-0.4, -0.2) is 14.8 Å². The van der Waals surface area contributed by atoms with Gasteiger partial charge >= 0.3 is 0 Å². The molecule has 0 saturated heterocycles. The number of aromatic amines is 1. The number of H-pyrrole nitrogens is 1. The lowest BCUT2D eigenvalue weighted by atomic mass is 10.1. The van der Waals surface area contributed by atoms with Crippen LogP contribution in [0.4, 0.5) is 0 Å². The highest BCUT2D eigenvalue weighted by Crippen LogP contribution is 2.20. The van der Waals surface area contributed by atoms with Crippen molar-refractivity contribution in [3.8, 4) is 0 Å². The van der Waals surface area contributed by atoms with Crippen LogP contribution in [0.2, 0.25) is 0 Å². The van der Waals surface area contributed by atoms with E-state index < -0.39 is 0 Å². The number of unbranched alkanes of at least 4 members (excludes halogenated alkanes) is 1. The molecule has 0 aliphatic heterocycles. The standard InChI is InChI=1S/C14H21N3O/c1-5-6-7-11(4)17-13-12(14(18)16-17)9(2)8-10(3)15-13/h8,11H,5-7H2,1-4H3,(H,16,18). The molecular formula is C14H21N3O. The molecule has 4 nitrogen and oxygen atoms in total. The van der Waals surface area contributed by atoms with Gasteiger partial charge in [-0.05, 0) is 38.8 Å². The van der Waals surface area contributed by atoms with E-state index in [1.807, 2.05) is 24.6 Å². The van der Waals surface area contributed by atoms with Gasteiger partial charge in [0.2, 0.25) is 0 Å². The zero-order valence-electron chi connectivity index (χ0n) is 11.6. The number of aromatic nitrogens is 3. The first kappa shape index (κ1) is 12.9. The van der Waals surface area contributed by atoms with E-state index in [0.29, 0.717) is 0 Å². The van der Waals surface area contributed by atoms with Crippen LogP contribution in [0.15, 0.2) is 10.9 Å². The van der Waals surface area contributed by atoms with E-state index in [4.69, 9.17) is 0 Å². The minimum Gasteiger partial charge on any atom is -0.267 e. The summed E-state index contributed by atoms with van der Waals surface area (Å²) in [5.74, 6) is 0. The Balaban J connectivity index is 2.55. The van der Waals surface area contributed by atoms with Crippen molar-refractivity contribution in [2.45, 2.75) is 53.0 Å². The predicted molar refractivity (Wildman–Crippen MR) is 74.1 cm³/mol. The highest BCUT2D eigenvalue weighted by Gasteiger charge is 2.15. The second-order valence-electron chi connectivity index (χ2n) is 5.08. The molecule has 0 bridgehead atoms. The second-order valence-corrected chi connectivity index (χ2v) is 5.08. The minimum absolute atomic E-state index is 0.0293. The SMILES string of the molecule is CCCCC(C)n1[nH]c(=O)c2c(C)cc(C)nc21. The Labute approximate surface area is 107 Å². The number of hydrogen-bond donors (Lipinski definition) is 1. The first-order chi connectivity index (χ1) is 8.54. The molecule has 1 atom stereocenters. The van der Waals surface area contributed by atoms with Crippen molar-refractivity contribution in [2.75, 3.05) is 0 Å². The van der Waals surface area contributed by atoms with Crippen LogP contribution < -0.4 is 5.56 Å². The summed E-state index contributed by atoms with van der Waals surface area (Å²) in [5, 5.41) is 3.65. The van der Waals surface area contributed by atoms with Crippen LogP contribution >= 0.6 is 0 Å². The van der Waals surface area contributed by atoms with Crippen molar-refractivity contribution >= 4 is 11.0 Å². The molecule has 18 heavy (non-hydrogen) atoms. The maximum Gasteiger partial charge on any atom is 0.273 e. The summed E-state index contributed by atoms with van der Waals surface area (Å²) in [4.78, 5) is 16.5. The number of pyridine rings is 1. The molecule has 2 aromatic heterocycles. The maximum atomic E-state index is 12.0. The summed E-state index contributed by atoms with van der Waals surface area (Å²) in [6.45, 7) is 8.23. The van der Waals surface area contributed by atoms with Crippen molar-refractivity contribution in [2.24, 2.45) is 0 Å².